The third kappa shape index (κ3) is 3.00. The fourth-order valence-corrected chi connectivity index (χ4v) is 4.17. The third-order valence-electron chi connectivity index (χ3n) is 4.13. The lowest BCUT2D eigenvalue weighted by atomic mass is 10.0. The van der Waals surface area contributed by atoms with Gasteiger partial charge in [0.15, 0.2) is 0 Å². The lowest BCUT2D eigenvalue weighted by molar-refractivity contribution is 0.0696. The van der Waals surface area contributed by atoms with Crippen molar-refractivity contribution >= 4 is 16.0 Å². The van der Waals surface area contributed by atoms with Crippen molar-refractivity contribution in [2.24, 2.45) is 0 Å². The van der Waals surface area contributed by atoms with Crippen molar-refractivity contribution in [1.82, 2.24) is 4.31 Å². The molecular formula is C17H17NO5S. The Kier molecular flexibility index (Phi) is 4.29. The number of hydrogen-bond donors (Lipinski definition) is 1. The van der Waals surface area contributed by atoms with Crippen LogP contribution >= 0.6 is 0 Å². The van der Waals surface area contributed by atoms with Crippen LogP contribution in [0.15, 0.2) is 47.4 Å². The molecule has 1 heterocycles. The maximum absolute atomic E-state index is 12.8. The molecule has 126 valence electrons. The third-order valence-corrected chi connectivity index (χ3v) is 5.99. The molecule has 2 aromatic rings. The van der Waals surface area contributed by atoms with Gasteiger partial charge in [-0.1, -0.05) is 6.07 Å². The van der Waals surface area contributed by atoms with Crippen molar-refractivity contribution in [2.75, 3.05) is 13.7 Å². The summed E-state index contributed by atoms with van der Waals surface area (Å²) in [5.41, 5.74) is 2.10. The molecule has 0 aromatic heterocycles. The van der Waals surface area contributed by atoms with E-state index in [1.165, 1.54) is 28.6 Å². The lowest BCUT2D eigenvalue weighted by Gasteiger charge is -2.28. The normalized spacial score (nSPS) is 14.9. The van der Waals surface area contributed by atoms with E-state index in [0.29, 0.717) is 19.5 Å². The van der Waals surface area contributed by atoms with E-state index in [4.69, 9.17) is 9.84 Å². The second-order valence-electron chi connectivity index (χ2n) is 5.55. The topological polar surface area (TPSA) is 83.9 Å². The summed E-state index contributed by atoms with van der Waals surface area (Å²) in [5, 5.41) is 8.91. The van der Waals surface area contributed by atoms with E-state index in [1.54, 1.807) is 7.11 Å². The Morgan fingerprint density at radius 2 is 1.83 bits per heavy atom. The van der Waals surface area contributed by atoms with Crippen molar-refractivity contribution in [3.8, 4) is 5.75 Å². The van der Waals surface area contributed by atoms with Gasteiger partial charge in [-0.2, -0.15) is 4.31 Å². The SMILES string of the molecule is COc1ccc2c(c1)CCN(S(=O)(=O)c1ccc(C(=O)O)cc1)C2. The largest absolute Gasteiger partial charge is 0.497 e. The summed E-state index contributed by atoms with van der Waals surface area (Å²) < 4.78 is 32.1. The van der Waals surface area contributed by atoms with Gasteiger partial charge in [-0.15, -0.1) is 0 Å². The maximum Gasteiger partial charge on any atom is 0.335 e. The first-order valence-corrected chi connectivity index (χ1v) is 8.85. The van der Waals surface area contributed by atoms with Crippen LogP contribution in [0.3, 0.4) is 0 Å². The molecule has 0 amide bonds. The van der Waals surface area contributed by atoms with Crippen LogP contribution in [0.1, 0.15) is 21.5 Å². The van der Waals surface area contributed by atoms with E-state index >= 15 is 0 Å². The Morgan fingerprint density at radius 3 is 2.46 bits per heavy atom. The Labute approximate surface area is 140 Å². The van der Waals surface area contributed by atoms with E-state index < -0.39 is 16.0 Å². The summed E-state index contributed by atoms with van der Waals surface area (Å²) >= 11 is 0. The second-order valence-corrected chi connectivity index (χ2v) is 7.49. The number of fused-ring (bicyclic) bond motifs is 1. The molecule has 1 aliphatic heterocycles. The van der Waals surface area contributed by atoms with Crippen LogP contribution in [-0.2, 0) is 23.0 Å². The van der Waals surface area contributed by atoms with Crippen LogP contribution in [0.2, 0.25) is 0 Å². The smallest absolute Gasteiger partial charge is 0.335 e. The molecule has 0 saturated heterocycles. The molecule has 0 spiro atoms. The number of sulfonamides is 1. The molecule has 0 radical (unpaired) electrons. The summed E-state index contributed by atoms with van der Waals surface area (Å²) in [7, 11) is -2.05. The standard InChI is InChI=1S/C17H17NO5S/c1-23-15-5-2-14-11-18(9-8-13(14)10-15)24(21,22)16-6-3-12(4-7-16)17(19)20/h2-7,10H,8-9,11H2,1H3,(H,19,20). The summed E-state index contributed by atoms with van der Waals surface area (Å²) in [6.07, 6.45) is 0.610. The van der Waals surface area contributed by atoms with E-state index in [2.05, 4.69) is 0 Å². The zero-order valence-corrected chi connectivity index (χ0v) is 13.9. The minimum atomic E-state index is -3.65. The van der Waals surface area contributed by atoms with E-state index in [0.717, 1.165) is 16.9 Å². The molecule has 3 rings (SSSR count). The number of ether oxygens (including phenoxy) is 1. The van der Waals surface area contributed by atoms with Crippen LogP contribution in [0.5, 0.6) is 5.75 Å². The molecule has 7 heteroatoms. The minimum absolute atomic E-state index is 0.0602. The number of aromatic carboxylic acids is 1. The van der Waals surface area contributed by atoms with Crippen LogP contribution in [-0.4, -0.2) is 37.5 Å². The number of carboxylic acids is 1. The average molecular weight is 347 g/mol. The fourth-order valence-electron chi connectivity index (χ4n) is 2.75. The van der Waals surface area contributed by atoms with Crippen molar-refractivity contribution < 1.29 is 23.1 Å². The second kappa shape index (κ2) is 6.26. The molecule has 0 atom stereocenters. The molecule has 1 N–H and O–H groups in total. The summed E-state index contributed by atoms with van der Waals surface area (Å²) in [4.78, 5) is 11.0. The van der Waals surface area contributed by atoms with Crippen molar-refractivity contribution in [3.05, 3.63) is 59.2 Å². The number of methoxy groups -OCH3 is 1. The van der Waals surface area contributed by atoms with Gasteiger partial charge in [0.1, 0.15) is 5.75 Å². The molecule has 1 aliphatic rings. The minimum Gasteiger partial charge on any atom is -0.497 e. The van der Waals surface area contributed by atoms with Gasteiger partial charge in [-0.3, -0.25) is 0 Å². The van der Waals surface area contributed by atoms with Crippen LogP contribution in [0.4, 0.5) is 0 Å². The van der Waals surface area contributed by atoms with Crippen LogP contribution < -0.4 is 4.74 Å². The number of nitrogens with zero attached hydrogens (tertiary/aromatic N) is 1. The Balaban J connectivity index is 1.86. The Hall–Kier alpha value is -2.38. The van der Waals surface area contributed by atoms with Crippen LogP contribution in [0.25, 0.3) is 0 Å². The monoisotopic (exact) mass is 347 g/mol. The number of hydrogen-bond acceptors (Lipinski definition) is 4. The van der Waals surface area contributed by atoms with Gasteiger partial charge < -0.3 is 9.84 Å². The molecule has 2 aromatic carbocycles. The molecule has 24 heavy (non-hydrogen) atoms. The summed E-state index contributed by atoms with van der Waals surface area (Å²) in [5.74, 6) is -0.325. The first-order valence-electron chi connectivity index (χ1n) is 7.41. The molecule has 0 bridgehead atoms. The van der Waals surface area contributed by atoms with Crippen molar-refractivity contribution in [2.45, 2.75) is 17.9 Å². The highest BCUT2D eigenvalue weighted by molar-refractivity contribution is 7.89. The maximum atomic E-state index is 12.8. The number of rotatable bonds is 4. The summed E-state index contributed by atoms with van der Waals surface area (Å²) in [6.45, 7) is 0.672. The zero-order chi connectivity index (χ0) is 17.3. The zero-order valence-electron chi connectivity index (χ0n) is 13.1. The lowest BCUT2D eigenvalue weighted by Crippen LogP contribution is -2.35. The first-order chi connectivity index (χ1) is 11.4. The average Bonchev–Trinajstić information content (AvgIpc) is 2.60. The molecular weight excluding hydrogens is 330 g/mol. The van der Waals surface area contributed by atoms with E-state index in [1.807, 2.05) is 18.2 Å². The van der Waals surface area contributed by atoms with Gasteiger partial charge in [0, 0.05) is 13.1 Å². The first kappa shape index (κ1) is 16.5. The predicted molar refractivity (Wildman–Crippen MR) is 87.7 cm³/mol. The number of carboxylic acid groups (broad SMARTS) is 1. The predicted octanol–water partition coefficient (Wildman–Crippen LogP) is 2.14. The highest BCUT2D eigenvalue weighted by Gasteiger charge is 2.28. The Bertz CT molecular complexity index is 874. The molecule has 0 fully saturated rings. The van der Waals surface area contributed by atoms with E-state index in [9.17, 15) is 13.2 Å². The van der Waals surface area contributed by atoms with Crippen molar-refractivity contribution in [1.29, 1.82) is 0 Å². The van der Waals surface area contributed by atoms with Crippen molar-refractivity contribution in [3.63, 3.8) is 0 Å². The quantitative estimate of drug-likeness (QED) is 0.916. The van der Waals surface area contributed by atoms with E-state index in [-0.39, 0.29) is 10.5 Å². The van der Waals surface area contributed by atoms with Gasteiger partial charge in [-0.05, 0) is 53.9 Å². The van der Waals surface area contributed by atoms with Gasteiger partial charge >= 0.3 is 5.97 Å². The van der Waals surface area contributed by atoms with Gasteiger partial charge in [0.2, 0.25) is 10.0 Å². The highest BCUT2D eigenvalue weighted by atomic mass is 32.2. The number of carbonyl (C=O) groups is 1. The fraction of sp³-hybridized carbons (Fsp3) is 0.235. The molecule has 0 aliphatic carbocycles. The molecule has 0 saturated carbocycles. The van der Waals surface area contributed by atoms with Gasteiger partial charge in [-0.25, -0.2) is 13.2 Å². The molecule has 6 nitrogen and oxygen atoms in total. The van der Waals surface area contributed by atoms with Gasteiger partial charge in [0.25, 0.3) is 0 Å². The molecule has 0 unspecified atom stereocenters. The Morgan fingerprint density at radius 1 is 1.12 bits per heavy atom. The van der Waals surface area contributed by atoms with Gasteiger partial charge in [0.05, 0.1) is 17.6 Å². The number of benzene rings is 2. The highest BCUT2D eigenvalue weighted by Crippen LogP contribution is 2.27. The van der Waals surface area contributed by atoms with Crippen LogP contribution in [0, 0.1) is 0 Å². The summed E-state index contributed by atoms with van der Waals surface area (Å²) in [6, 6.07) is 10.9.